The fourth-order valence-electron chi connectivity index (χ4n) is 1.19. The molecule has 0 N–H and O–H groups in total. The molecule has 0 spiro atoms. The molecule has 94 valence electrons. The smallest absolute Gasteiger partial charge is 0.319 e. The quantitative estimate of drug-likeness (QED) is 0.371. The van der Waals surface area contributed by atoms with Gasteiger partial charge in [0.05, 0.1) is 7.11 Å². The maximum atomic E-state index is 13.2. The SMILES string of the molecule is COC(=O)C(Br)Cc1c(F)c(F)cc(F)c1F. The van der Waals surface area contributed by atoms with E-state index in [4.69, 9.17) is 0 Å². The van der Waals surface area contributed by atoms with E-state index in [1.807, 2.05) is 0 Å². The van der Waals surface area contributed by atoms with Crippen LogP contribution in [0.15, 0.2) is 6.07 Å². The van der Waals surface area contributed by atoms with Gasteiger partial charge in [0.25, 0.3) is 0 Å². The van der Waals surface area contributed by atoms with Crippen molar-refractivity contribution in [2.24, 2.45) is 0 Å². The lowest BCUT2D eigenvalue weighted by Crippen LogP contribution is -2.20. The highest BCUT2D eigenvalue weighted by molar-refractivity contribution is 9.10. The van der Waals surface area contributed by atoms with E-state index in [-0.39, 0.29) is 6.07 Å². The van der Waals surface area contributed by atoms with E-state index in [9.17, 15) is 22.4 Å². The van der Waals surface area contributed by atoms with Crippen molar-refractivity contribution < 1.29 is 27.1 Å². The zero-order valence-corrected chi connectivity index (χ0v) is 10.2. The van der Waals surface area contributed by atoms with E-state index in [1.54, 1.807) is 0 Å². The van der Waals surface area contributed by atoms with Crippen molar-refractivity contribution in [3.05, 3.63) is 34.9 Å². The van der Waals surface area contributed by atoms with Gasteiger partial charge in [-0.15, -0.1) is 0 Å². The van der Waals surface area contributed by atoms with Crippen molar-refractivity contribution in [2.45, 2.75) is 11.2 Å². The normalized spacial score (nSPS) is 12.4. The first-order chi connectivity index (χ1) is 7.88. The number of methoxy groups -OCH3 is 1. The number of esters is 1. The molecular formula is C10H7BrF4O2. The van der Waals surface area contributed by atoms with Gasteiger partial charge in [0.15, 0.2) is 23.3 Å². The molecule has 1 unspecified atom stereocenters. The largest absolute Gasteiger partial charge is 0.468 e. The van der Waals surface area contributed by atoms with Crippen molar-refractivity contribution in [1.29, 1.82) is 0 Å². The summed E-state index contributed by atoms with van der Waals surface area (Å²) in [5.41, 5.74) is -0.838. The van der Waals surface area contributed by atoms with Gasteiger partial charge in [-0.2, -0.15) is 0 Å². The van der Waals surface area contributed by atoms with Gasteiger partial charge < -0.3 is 4.74 Å². The molecule has 0 saturated heterocycles. The third-order valence-corrected chi connectivity index (χ3v) is 2.74. The standard InChI is InChI=1S/C10H7BrF4O2/c1-17-10(16)5(11)2-4-8(14)6(12)3-7(13)9(4)15/h3,5H,2H2,1H3. The number of rotatable bonds is 3. The Morgan fingerprint density at radius 2 is 1.76 bits per heavy atom. The highest BCUT2D eigenvalue weighted by Gasteiger charge is 2.24. The number of ether oxygens (including phenoxy) is 1. The molecule has 0 aliphatic rings. The van der Waals surface area contributed by atoms with Gasteiger partial charge in [-0.3, -0.25) is 4.79 Å². The number of halogens is 5. The lowest BCUT2D eigenvalue weighted by molar-refractivity contribution is -0.139. The Kier molecular flexibility index (Phi) is 4.50. The summed E-state index contributed by atoms with van der Waals surface area (Å²) in [5.74, 6) is -6.85. The summed E-state index contributed by atoms with van der Waals surface area (Å²) < 4.78 is 56.4. The van der Waals surface area contributed by atoms with Gasteiger partial charge in [0, 0.05) is 18.1 Å². The first-order valence-corrected chi connectivity index (χ1v) is 5.33. The first kappa shape index (κ1) is 14.0. The topological polar surface area (TPSA) is 26.3 Å². The molecule has 0 heterocycles. The molecule has 17 heavy (non-hydrogen) atoms. The summed E-state index contributed by atoms with van der Waals surface area (Å²) in [5, 5.41) is 0. The van der Waals surface area contributed by atoms with Crippen LogP contribution in [0.2, 0.25) is 0 Å². The molecule has 0 aliphatic heterocycles. The number of carbonyl (C=O) groups is 1. The maximum absolute atomic E-state index is 13.2. The Morgan fingerprint density at radius 3 is 2.18 bits per heavy atom. The van der Waals surface area contributed by atoms with E-state index in [2.05, 4.69) is 20.7 Å². The monoisotopic (exact) mass is 314 g/mol. The molecule has 0 radical (unpaired) electrons. The summed E-state index contributed by atoms with van der Waals surface area (Å²) >= 11 is 2.80. The van der Waals surface area contributed by atoms with Gasteiger partial charge >= 0.3 is 5.97 Å². The summed E-state index contributed by atoms with van der Waals surface area (Å²) in [4.78, 5) is 9.92. The average molecular weight is 315 g/mol. The van der Waals surface area contributed by atoms with Crippen LogP contribution in [0, 0.1) is 23.3 Å². The third-order valence-electron chi connectivity index (χ3n) is 2.04. The molecule has 1 aromatic carbocycles. The van der Waals surface area contributed by atoms with E-state index in [0.717, 1.165) is 7.11 Å². The molecule has 1 aromatic rings. The molecule has 1 atom stereocenters. The summed E-state index contributed by atoms with van der Waals surface area (Å²) in [6.45, 7) is 0. The minimum absolute atomic E-state index is 0.107. The second-order valence-electron chi connectivity index (χ2n) is 3.14. The molecule has 0 amide bonds. The third kappa shape index (κ3) is 2.96. The number of benzene rings is 1. The van der Waals surface area contributed by atoms with Crippen molar-refractivity contribution >= 4 is 21.9 Å². The van der Waals surface area contributed by atoms with Crippen LogP contribution in [-0.2, 0) is 16.0 Å². The van der Waals surface area contributed by atoms with Crippen molar-refractivity contribution in [2.75, 3.05) is 7.11 Å². The number of hydrogen-bond donors (Lipinski definition) is 0. The molecule has 0 bridgehead atoms. The highest BCUT2D eigenvalue weighted by atomic mass is 79.9. The molecule has 0 fully saturated rings. The predicted molar refractivity (Wildman–Crippen MR) is 54.7 cm³/mol. The summed E-state index contributed by atoms with van der Waals surface area (Å²) in [6.07, 6.45) is -0.557. The zero-order chi connectivity index (χ0) is 13.2. The van der Waals surface area contributed by atoms with Crippen molar-refractivity contribution in [3.8, 4) is 0 Å². The number of alkyl halides is 1. The molecular weight excluding hydrogens is 308 g/mol. The van der Waals surface area contributed by atoms with Gasteiger partial charge in [0.2, 0.25) is 0 Å². The van der Waals surface area contributed by atoms with E-state index in [0.29, 0.717) is 0 Å². The van der Waals surface area contributed by atoms with Crippen LogP contribution in [0.3, 0.4) is 0 Å². The van der Waals surface area contributed by atoms with Gasteiger partial charge in [-0.25, -0.2) is 17.6 Å². The Morgan fingerprint density at radius 1 is 1.29 bits per heavy atom. The molecule has 1 rings (SSSR count). The Hall–Kier alpha value is -1.11. The Balaban J connectivity index is 3.10. The van der Waals surface area contributed by atoms with Crippen molar-refractivity contribution in [1.82, 2.24) is 0 Å². The first-order valence-electron chi connectivity index (χ1n) is 4.42. The van der Waals surface area contributed by atoms with Gasteiger partial charge in [-0.05, 0) is 0 Å². The maximum Gasteiger partial charge on any atom is 0.319 e. The Labute approximate surface area is 103 Å². The van der Waals surface area contributed by atoms with Crippen LogP contribution in [0.5, 0.6) is 0 Å². The predicted octanol–water partition coefficient (Wildman–Crippen LogP) is 2.72. The second kappa shape index (κ2) is 5.48. The minimum atomic E-state index is -1.52. The zero-order valence-electron chi connectivity index (χ0n) is 8.57. The average Bonchev–Trinajstić information content (AvgIpc) is 2.30. The van der Waals surface area contributed by atoms with E-state index < -0.39 is 46.0 Å². The fourth-order valence-corrected chi connectivity index (χ4v) is 1.70. The van der Waals surface area contributed by atoms with Crippen LogP contribution < -0.4 is 0 Å². The number of hydrogen-bond acceptors (Lipinski definition) is 2. The fraction of sp³-hybridized carbons (Fsp3) is 0.300. The van der Waals surface area contributed by atoms with E-state index >= 15 is 0 Å². The van der Waals surface area contributed by atoms with Crippen LogP contribution in [0.4, 0.5) is 17.6 Å². The lowest BCUT2D eigenvalue weighted by Gasteiger charge is -2.10. The molecule has 0 aromatic heterocycles. The molecule has 0 saturated carbocycles. The molecule has 2 nitrogen and oxygen atoms in total. The second-order valence-corrected chi connectivity index (χ2v) is 4.25. The van der Waals surface area contributed by atoms with E-state index in [1.165, 1.54) is 0 Å². The highest BCUT2D eigenvalue weighted by Crippen LogP contribution is 2.22. The lowest BCUT2D eigenvalue weighted by atomic mass is 10.1. The minimum Gasteiger partial charge on any atom is -0.468 e. The summed E-state index contributed by atoms with van der Waals surface area (Å²) in [6, 6.07) is 0.107. The van der Waals surface area contributed by atoms with Crippen LogP contribution in [-0.4, -0.2) is 17.9 Å². The van der Waals surface area contributed by atoms with Gasteiger partial charge in [-0.1, -0.05) is 15.9 Å². The Bertz CT molecular complexity index is 424. The number of carbonyl (C=O) groups excluding carboxylic acids is 1. The van der Waals surface area contributed by atoms with Crippen LogP contribution in [0.1, 0.15) is 5.56 Å². The van der Waals surface area contributed by atoms with Crippen molar-refractivity contribution in [3.63, 3.8) is 0 Å². The molecule has 0 aliphatic carbocycles. The molecule has 7 heteroatoms. The van der Waals surface area contributed by atoms with Crippen LogP contribution in [0.25, 0.3) is 0 Å². The van der Waals surface area contributed by atoms with Crippen LogP contribution >= 0.6 is 15.9 Å². The summed E-state index contributed by atoms with van der Waals surface area (Å²) in [7, 11) is 1.08. The van der Waals surface area contributed by atoms with Gasteiger partial charge in [0.1, 0.15) is 4.83 Å².